The van der Waals surface area contributed by atoms with E-state index in [2.05, 4.69) is 4.74 Å². The molecule has 6 N–H and O–H groups in total. The molecule has 0 bridgehead atoms. The molecule has 0 aliphatic rings. The Bertz CT molecular complexity index is 343. The number of esters is 1. The molecule has 0 heterocycles. The predicted octanol–water partition coefficient (Wildman–Crippen LogP) is -0.816. The van der Waals surface area contributed by atoms with Crippen molar-refractivity contribution >= 4 is 5.97 Å². The highest BCUT2D eigenvalue weighted by atomic mass is 16.6. The number of hydrogen-bond donors (Lipinski definition) is 3. The summed E-state index contributed by atoms with van der Waals surface area (Å²) in [5.41, 5.74) is 12.3. The van der Waals surface area contributed by atoms with Gasteiger partial charge < -0.3 is 16.2 Å². The second kappa shape index (κ2) is 5.17. The Kier molecular flexibility index (Phi) is 4.81. The average Bonchev–Trinajstić information content (AvgIpc) is 2.27. The molecule has 0 radical (unpaired) electrons. The fraction of sp³-hybridized carbons (Fsp3) is 0.900. The van der Waals surface area contributed by atoms with Gasteiger partial charge in [-0.15, -0.1) is 0 Å². The number of nitro groups is 1. The molecule has 2 atom stereocenters. The highest BCUT2D eigenvalue weighted by Crippen LogP contribution is 2.41. The molecule has 0 aromatic heterocycles. The quantitative estimate of drug-likeness (QED) is 0.245. The molecule has 0 fully saturated rings. The van der Waals surface area contributed by atoms with Gasteiger partial charge in [-0.05, 0) is 26.8 Å². The minimum atomic E-state index is -1.90. The van der Waals surface area contributed by atoms with Crippen LogP contribution in [0.5, 0.6) is 0 Å². The van der Waals surface area contributed by atoms with E-state index < -0.39 is 27.5 Å². The van der Waals surface area contributed by atoms with Crippen molar-refractivity contribution < 1.29 is 14.5 Å². The van der Waals surface area contributed by atoms with Gasteiger partial charge in [-0.2, -0.15) is 0 Å². The minimum absolute atomic E-state index is 0.0350. The Hall–Kier alpha value is -1.25. The SMILES string of the molecule is COC(=O)C(N)(CCN)C(C)(C)C(C)(N)[N+](=O)[O-]. The number of carbonyl (C=O) groups is 1. The van der Waals surface area contributed by atoms with E-state index in [0.29, 0.717) is 0 Å². The van der Waals surface area contributed by atoms with Crippen LogP contribution in [0.1, 0.15) is 27.2 Å². The van der Waals surface area contributed by atoms with Gasteiger partial charge in [-0.25, -0.2) is 0 Å². The Labute approximate surface area is 106 Å². The molecule has 0 aromatic rings. The molecule has 0 spiro atoms. The summed E-state index contributed by atoms with van der Waals surface area (Å²) in [5.74, 6) is -0.767. The van der Waals surface area contributed by atoms with Crippen LogP contribution < -0.4 is 17.2 Å². The molecular weight excluding hydrogens is 240 g/mol. The summed E-state index contributed by atoms with van der Waals surface area (Å²) in [5, 5.41) is 11.1. The van der Waals surface area contributed by atoms with Gasteiger partial charge in [-0.1, -0.05) is 0 Å². The van der Waals surface area contributed by atoms with Crippen LogP contribution in [0.25, 0.3) is 0 Å². The van der Waals surface area contributed by atoms with E-state index in [4.69, 9.17) is 17.2 Å². The normalized spacial score (nSPS) is 18.6. The molecule has 8 nitrogen and oxygen atoms in total. The van der Waals surface area contributed by atoms with E-state index in [1.807, 2.05) is 0 Å². The molecule has 0 aliphatic heterocycles. The van der Waals surface area contributed by atoms with Crippen molar-refractivity contribution in [3.05, 3.63) is 10.1 Å². The van der Waals surface area contributed by atoms with Crippen molar-refractivity contribution in [3.8, 4) is 0 Å². The molecule has 18 heavy (non-hydrogen) atoms. The lowest BCUT2D eigenvalue weighted by Gasteiger charge is -2.45. The van der Waals surface area contributed by atoms with E-state index in [-0.39, 0.29) is 13.0 Å². The summed E-state index contributed by atoms with van der Waals surface area (Å²) in [6.07, 6.45) is 0.0350. The molecule has 0 aromatic carbocycles. The number of hydrogen-bond acceptors (Lipinski definition) is 7. The number of nitrogens with two attached hydrogens (primary N) is 3. The topological polar surface area (TPSA) is 148 Å². The molecule has 8 heteroatoms. The first kappa shape index (κ1) is 16.8. The van der Waals surface area contributed by atoms with Crippen molar-refractivity contribution in [2.24, 2.45) is 22.6 Å². The Morgan fingerprint density at radius 1 is 1.33 bits per heavy atom. The fourth-order valence-corrected chi connectivity index (χ4v) is 1.76. The molecular formula is C10H22N4O4. The van der Waals surface area contributed by atoms with Crippen LogP contribution in [0.4, 0.5) is 0 Å². The van der Waals surface area contributed by atoms with Crippen LogP contribution in [0.2, 0.25) is 0 Å². The Morgan fingerprint density at radius 2 is 1.78 bits per heavy atom. The van der Waals surface area contributed by atoms with Gasteiger partial charge in [0.2, 0.25) is 0 Å². The molecule has 0 saturated carbocycles. The number of methoxy groups -OCH3 is 1. The third-order valence-corrected chi connectivity index (χ3v) is 3.85. The van der Waals surface area contributed by atoms with Gasteiger partial charge in [0.1, 0.15) is 5.54 Å². The summed E-state index contributed by atoms with van der Waals surface area (Å²) in [7, 11) is 1.16. The van der Waals surface area contributed by atoms with Crippen molar-refractivity contribution in [1.29, 1.82) is 0 Å². The first-order chi connectivity index (χ1) is 7.99. The molecule has 0 aliphatic carbocycles. The zero-order chi connectivity index (χ0) is 14.8. The maximum Gasteiger partial charge on any atom is 0.326 e. The monoisotopic (exact) mass is 262 g/mol. The molecule has 0 rings (SSSR count). The van der Waals surface area contributed by atoms with Crippen LogP contribution >= 0.6 is 0 Å². The van der Waals surface area contributed by atoms with Gasteiger partial charge in [0, 0.05) is 11.8 Å². The highest BCUT2D eigenvalue weighted by molar-refractivity contribution is 5.82. The summed E-state index contributed by atoms with van der Waals surface area (Å²) >= 11 is 0. The minimum Gasteiger partial charge on any atom is -0.468 e. The number of nitrogens with zero attached hydrogens (tertiary/aromatic N) is 1. The maximum atomic E-state index is 11.9. The van der Waals surface area contributed by atoms with E-state index in [0.717, 1.165) is 7.11 Å². The van der Waals surface area contributed by atoms with Crippen LogP contribution in [0.3, 0.4) is 0 Å². The smallest absolute Gasteiger partial charge is 0.326 e. The van der Waals surface area contributed by atoms with Crippen LogP contribution in [-0.4, -0.2) is 35.7 Å². The molecule has 0 amide bonds. The first-order valence-electron chi connectivity index (χ1n) is 5.49. The predicted molar refractivity (Wildman–Crippen MR) is 66.0 cm³/mol. The lowest BCUT2D eigenvalue weighted by atomic mass is 9.63. The van der Waals surface area contributed by atoms with Crippen molar-refractivity contribution in [3.63, 3.8) is 0 Å². The van der Waals surface area contributed by atoms with Crippen molar-refractivity contribution in [2.45, 2.75) is 38.4 Å². The van der Waals surface area contributed by atoms with E-state index >= 15 is 0 Å². The third kappa shape index (κ3) is 2.31. The summed E-state index contributed by atoms with van der Waals surface area (Å²) < 4.78 is 4.63. The molecule has 0 saturated heterocycles. The second-order valence-electron chi connectivity index (χ2n) is 5.03. The summed E-state index contributed by atoms with van der Waals surface area (Å²) in [6.45, 7) is 4.22. The lowest BCUT2D eigenvalue weighted by molar-refractivity contribution is -0.587. The van der Waals surface area contributed by atoms with E-state index in [1.165, 1.54) is 20.8 Å². The van der Waals surface area contributed by atoms with E-state index in [1.54, 1.807) is 0 Å². The van der Waals surface area contributed by atoms with Crippen molar-refractivity contribution in [2.75, 3.05) is 13.7 Å². The Morgan fingerprint density at radius 3 is 2.06 bits per heavy atom. The van der Waals surface area contributed by atoms with E-state index in [9.17, 15) is 14.9 Å². The van der Waals surface area contributed by atoms with Gasteiger partial charge in [0.25, 0.3) is 5.66 Å². The van der Waals surface area contributed by atoms with Crippen LogP contribution in [0.15, 0.2) is 0 Å². The number of ether oxygens (including phenoxy) is 1. The third-order valence-electron chi connectivity index (χ3n) is 3.85. The average molecular weight is 262 g/mol. The van der Waals surface area contributed by atoms with Crippen LogP contribution in [0, 0.1) is 15.5 Å². The van der Waals surface area contributed by atoms with Gasteiger partial charge >= 0.3 is 5.97 Å². The second-order valence-corrected chi connectivity index (χ2v) is 5.03. The van der Waals surface area contributed by atoms with Crippen LogP contribution in [-0.2, 0) is 9.53 Å². The van der Waals surface area contributed by atoms with Gasteiger partial charge in [0.05, 0.1) is 12.5 Å². The largest absolute Gasteiger partial charge is 0.468 e. The zero-order valence-electron chi connectivity index (χ0n) is 11.2. The Balaban J connectivity index is 5.75. The fourth-order valence-electron chi connectivity index (χ4n) is 1.76. The number of rotatable bonds is 6. The molecule has 106 valence electrons. The summed E-state index contributed by atoms with van der Waals surface area (Å²) in [4.78, 5) is 22.3. The molecule has 2 unspecified atom stereocenters. The van der Waals surface area contributed by atoms with Gasteiger partial charge in [0.15, 0.2) is 0 Å². The standard InChI is InChI=1S/C10H22N4O4/c1-8(2,9(3,12)14(16)17)10(13,5-6-11)7(15)18-4/h5-6,11-13H2,1-4H3. The number of carbonyl (C=O) groups excluding carboxylic acids is 1. The maximum absolute atomic E-state index is 11.9. The first-order valence-corrected chi connectivity index (χ1v) is 5.49. The summed E-state index contributed by atoms with van der Waals surface area (Å²) in [6, 6.07) is 0. The van der Waals surface area contributed by atoms with Crippen molar-refractivity contribution in [1.82, 2.24) is 0 Å². The van der Waals surface area contributed by atoms with Gasteiger partial charge in [-0.3, -0.25) is 20.6 Å². The zero-order valence-corrected chi connectivity index (χ0v) is 11.2. The highest BCUT2D eigenvalue weighted by Gasteiger charge is 2.62. The lowest BCUT2D eigenvalue weighted by Crippen LogP contribution is -2.72.